The maximum Gasteiger partial charge on any atom is 0.124 e. The van der Waals surface area contributed by atoms with Gasteiger partial charge in [-0.1, -0.05) is 11.6 Å². The highest BCUT2D eigenvalue weighted by atomic mass is 79.9. The van der Waals surface area contributed by atoms with Gasteiger partial charge in [0.25, 0.3) is 0 Å². The van der Waals surface area contributed by atoms with E-state index in [-0.39, 0.29) is 6.04 Å². The van der Waals surface area contributed by atoms with Crippen LogP contribution in [0.4, 0.5) is 0 Å². The summed E-state index contributed by atoms with van der Waals surface area (Å²) >= 11 is 9.24. The predicted molar refractivity (Wildman–Crippen MR) is 59.8 cm³/mol. The van der Waals surface area contributed by atoms with Crippen LogP contribution in [-0.2, 0) is 0 Å². The molecule has 2 N–H and O–H groups in total. The third-order valence-corrected chi connectivity index (χ3v) is 3.64. The Balaban J connectivity index is 2.28. The molecule has 2 rings (SSSR count). The first kappa shape index (κ1) is 10.4. The van der Waals surface area contributed by atoms with Crippen molar-refractivity contribution in [3.05, 3.63) is 27.5 Å². The van der Waals surface area contributed by atoms with E-state index in [9.17, 15) is 0 Å². The number of nitrogens with zero attached hydrogens (tertiary/aromatic N) is 2. The average Bonchev–Trinajstić information content (AvgIpc) is 2.57. The minimum absolute atomic E-state index is 0.271. The van der Waals surface area contributed by atoms with E-state index in [2.05, 4.69) is 20.9 Å². The van der Waals surface area contributed by atoms with Crippen LogP contribution in [0.25, 0.3) is 0 Å². The smallest absolute Gasteiger partial charge is 0.124 e. The van der Waals surface area contributed by atoms with E-state index in [0.717, 1.165) is 24.9 Å². The zero-order valence-electron chi connectivity index (χ0n) is 7.58. The fourth-order valence-electron chi connectivity index (χ4n) is 1.77. The summed E-state index contributed by atoms with van der Waals surface area (Å²) in [6.07, 6.45) is 4.04. The molecule has 0 aromatic carbocycles. The maximum atomic E-state index is 5.97. The summed E-state index contributed by atoms with van der Waals surface area (Å²) in [5, 5.41) is 2.49. The number of pyridine rings is 1. The third kappa shape index (κ3) is 1.93. The number of aromatic nitrogens is 1. The zero-order chi connectivity index (χ0) is 10.1. The molecule has 0 unspecified atom stereocenters. The molecule has 3 nitrogen and oxygen atoms in total. The van der Waals surface area contributed by atoms with Crippen molar-refractivity contribution >= 4 is 27.5 Å². The predicted octanol–water partition coefficient (Wildman–Crippen LogP) is 2.51. The lowest BCUT2D eigenvalue weighted by molar-refractivity contribution is 0.265. The number of hydrazine groups is 1. The molecule has 0 bridgehead atoms. The topological polar surface area (TPSA) is 42.1 Å². The van der Waals surface area contributed by atoms with Gasteiger partial charge >= 0.3 is 0 Å². The highest BCUT2D eigenvalue weighted by Crippen LogP contribution is 2.31. The van der Waals surface area contributed by atoms with Crippen molar-refractivity contribution in [2.24, 2.45) is 5.84 Å². The van der Waals surface area contributed by atoms with Crippen LogP contribution < -0.4 is 5.84 Å². The normalized spacial score (nSPS) is 22.9. The first-order chi connectivity index (χ1) is 6.68. The van der Waals surface area contributed by atoms with Crippen LogP contribution in [0.3, 0.4) is 0 Å². The Morgan fingerprint density at radius 3 is 3.00 bits per heavy atom. The number of rotatable bonds is 1. The third-order valence-electron chi connectivity index (χ3n) is 2.50. The summed E-state index contributed by atoms with van der Waals surface area (Å²) in [4.78, 5) is 4.16. The monoisotopic (exact) mass is 275 g/mol. The van der Waals surface area contributed by atoms with Gasteiger partial charge in [0.15, 0.2) is 0 Å². The van der Waals surface area contributed by atoms with Gasteiger partial charge in [0, 0.05) is 12.7 Å². The molecule has 1 aromatic rings. The molecule has 0 saturated carbocycles. The van der Waals surface area contributed by atoms with E-state index in [1.165, 1.54) is 0 Å². The highest BCUT2D eigenvalue weighted by molar-refractivity contribution is 9.10. The van der Waals surface area contributed by atoms with Gasteiger partial charge in [-0.15, -0.1) is 0 Å². The molecule has 5 heteroatoms. The molecule has 1 aromatic heterocycles. The quantitative estimate of drug-likeness (QED) is 0.633. The fourth-order valence-corrected chi connectivity index (χ4v) is 2.16. The van der Waals surface area contributed by atoms with Crippen molar-refractivity contribution in [3.8, 4) is 0 Å². The van der Waals surface area contributed by atoms with Crippen LogP contribution in [0.2, 0.25) is 5.02 Å². The maximum absolute atomic E-state index is 5.97. The SMILES string of the molecule is NN1CCC[C@H]1c1cnc(Br)c(Cl)c1. The molecule has 1 aliphatic rings. The summed E-state index contributed by atoms with van der Waals surface area (Å²) in [6, 6.07) is 2.20. The van der Waals surface area contributed by atoms with Gasteiger partial charge in [0.05, 0.1) is 11.1 Å². The molecule has 14 heavy (non-hydrogen) atoms. The lowest BCUT2D eigenvalue weighted by Gasteiger charge is -2.19. The second-order valence-corrected chi connectivity index (χ2v) is 4.60. The number of nitrogens with two attached hydrogens (primary N) is 1. The minimum Gasteiger partial charge on any atom is -0.268 e. The molecule has 0 spiro atoms. The van der Waals surface area contributed by atoms with Gasteiger partial charge in [0.1, 0.15) is 4.60 Å². The Morgan fingerprint density at radius 1 is 1.64 bits per heavy atom. The minimum atomic E-state index is 0.271. The lowest BCUT2D eigenvalue weighted by atomic mass is 10.1. The number of hydrogen-bond acceptors (Lipinski definition) is 3. The zero-order valence-corrected chi connectivity index (χ0v) is 9.92. The van der Waals surface area contributed by atoms with Crippen molar-refractivity contribution in [2.75, 3.05) is 6.54 Å². The van der Waals surface area contributed by atoms with Gasteiger partial charge < -0.3 is 0 Å². The summed E-state index contributed by atoms with van der Waals surface area (Å²) in [7, 11) is 0. The highest BCUT2D eigenvalue weighted by Gasteiger charge is 2.23. The molecule has 2 heterocycles. The van der Waals surface area contributed by atoms with Crippen molar-refractivity contribution < 1.29 is 0 Å². The van der Waals surface area contributed by atoms with Crippen LogP contribution in [-0.4, -0.2) is 16.5 Å². The number of hydrogen-bond donors (Lipinski definition) is 1. The standard InChI is InChI=1S/C9H11BrClN3/c10-9-7(11)4-6(5-13-9)8-2-1-3-14(8)12/h4-5,8H,1-3,12H2/t8-/m0/s1. The van der Waals surface area contributed by atoms with Crippen molar-refractivity contribution in [2.45, 2.75) is 18.9 Å². The van der Waals surface area contributed by atoms with Crippen molar-refractivity contribution in [1.29, 1.82) is 0 Å². The first-order valence-electron chi connectivity index (χ1n) is 4.51. The molecule has 1 fully saturated rings. The van der Waals surface area contributed by atoms with Gasteiger partial charge in [-0.3, -0.25) is 5.84 Å². The van der Waals surface area contributed by atoms with E-state index in [4.69, 9.17) is 17.4 Å². The number of halogens is 2. The Labute approximate surface area is 96.3 Å². The Bertz CT molecular complexity index is 345. The van der Waals surface area contributed by atoms with Gasteiger partial charge in [-0.2, -0.15) is 0 Å². The molecular formula is C9H11BrClN3. The van der Waals surface area contributed by atoms with E-state index < -0.39 is 0 Å². The van der Waals surface area contributed by atoms with Gasteiger partial charge in [-0.25, -0.2) is 9.99 Å². The molecule has 1 atom stereocenters. The van der Waals surface area contributed by atoms with Crippen molar-refractivity contribution in [3.63, 3.8) is 0 Å². The van der Waals surface area contributed by atoms with Crippen LogP contribution in [0.15, 0.2) is 16.9 Å². The molecule has 1 aliphatic heterocycles. The molecule has 0 amide bonds. The second kappa shape index (κ2) is 4.14. The average molecular weight is 277 g/mol. The molecule has 76 valence electrons. The fraction of sp³-hybridized carbons (Fsp3) is 0.444. The summed E-state index contributed by atoms with van der Waals surface area (Å²) < 4.78 is 0.685. The van der Waals surface area contributed by atoms with Crippen LogP contribution >= 0.6 is 27.5 Å². The summed E-state index contributed by atoms with van der Waals surface area (Å²) in [5.74, 6) is 5.85. The largest absolute Gasteiger partial charge is 0.268 e. The van der Waals surface area contributed by atoms with Crippen LogP contribution in [0.5, 0.6) is 0 Å². The van der Waals surface area contributed by atoms with E-state index in [1.807, 2.05) is 17.3 Å². The first-order valence-corrected chi connectivity index (χ1v) is 5.68. The Morgan fingerprint density at radius 2 is 2.43 bits per heavy atom. The second-order valence-electron chi connectivity index (χ2n) is 3.44. The summed E-state index contributed by atoms with van der Waals surface area (Å²) in [5.41, 5.74) is 1.10. The van der Waals surface area contributed by atoms with E-state index >= 15 is 0 Å². The van der Waals surface area contributed by atoms with Crippen LogP contribution in [0, 0.1) is 0 Å². The molecule has 0 radical (unpaired) electrons. The van der Waals surface area contributed by atoms with E-state index in [0.29, 0.717) is 9.63 Å². The Hall–Kier alpha value is -0.160. The van der Waals surface area contributed by atoms with Crippen molar-refractivity contribution in [1.82, 2.24) is 9.99 Å². The van der Waals surface area contributed by atoms with E-state index in [1.54, 1.807) is 0 Å². The summed E-state index contributed by atoms with van der Waals surface area (Å²) in [6.45, 7) is 0.943. The Kier molecular flexibility index (Phi) is 3.07. The van der Waals surface area contributed by atoms with Crippen LogP contribution in [0.1, 0.15) is 24.4 Å². The van der Waals surface area contributed by atoms with Gasteiger partial charge in [-0.05, 0) is 40.4 Å². The molecule has 1 saturated heterocycles. The molecular weight excluding hydrogens is 265 g/mol. The lowest BCUT2D eigenvalue weighted by Crippen LogP contribution is -2.30. The molecule has 0 aliphatic carbocycles. The van der Waals surface area contributed by atoms with Gasteiger partial charge in [0.2, 0.25) is 0 Å².